The molecule has 0 radical (unpaired) electrons. The molecule has 0 bridgehead atoms. The molecule has 0 spiro atoms. The molecule has 0 aliphatic heterocycles. The van der Waals surface area contributed by atoms with Crippen LogP contribution in [-0.2, 0) is 6.54 Å². The summed E-state index contributed by atoms with van der Waals surface area (Å²) >= 11 is 0. The molecule has 0 aliphatic rings. The summed E-state index contributed by atoms with van der Waals surface area (Å²) in [5, 5.41) is 18.4. The summed E-state index contributed by atoms with van der Waals surface area (Å²) in [6.45, 7) is 5.40. The van der Waals surface area contributed by atoms with Crippen molar-refractivity contribution in [3.63, 3.8) is 0 Å². The van der Waals surface area contributed by atoms with E-state index >= 15 is 0 Å². The van der Waals surface area contributed by atoms with E-state index in [2.05, 4.69) is 17.3 Å². The first kappa shape index (κ1) is 14.0. The summed E-state index contributed by atoms with van der Waals surface area (Å²) < 4.78 is 1.78. The van der Waals surface area contributed by atoms with Crippen molar-refractivity contribution in [3.05, 3.63) is 51.8 Å². The average Bonchev–Trinajstić information content (AvgIpc) is 2.82. The Morgan fingerprint density at radius 3 is 2.85 bits per heavy atom. The predicted octanol–water partition coefficient (Wildman–Crippen LogP) is 2.97. The van der Waals surface area contributed by atoms with E-state index < -0.39 is 0 Å². The van der Waals surface area contributed by atoms with Crippen molar-refractivity contribution in [1.82, 2.24) is 9.78 Å². The Morgan fingerprint density at radius 2 is 2.25 bits per heavy atom. The molecular weight excluding hydrogens is 256 g/mol. The molecule has 0 amide bonds. The van der Waals surface area contributed by atoms with Crippen LogP contribution in [0.25, 0.3) is 0 Å². The van der Waals surface area contributed by atoms with Crippen LogP contribution in [0.15, 0.2) is 30.6 Å². The molecule has 0 unspecified atom stereocenters. The maximum absolute atomic E-state index is 10.9. The highest BCUT2D eigenvalue weighted by Crippen LogP contribution is 2.23. The number of aromatic nitrogens is 2. The van der Waals surface area contributed by atoms with Gasteiger partial charge < -0.3 is 5.32 Å². The Balaban J connectivity index is 2.30. The van der Waals surface area contributed by atoms with Crippen LogP contribution in [-0.4, -0.2) is 21.2 Å². The summed E-state index contributed by atoms with van der Waals surface area (Å²) in [6.07, 6.45) is 4.69. The fraction of sp³-hybridized carbons (Fsp3) is 0.357. The Labute approximate surface area is 117 Å². The Bertz CT molecular complexity index is 607. The van der Waals surface area contributed by atoms with Crippen LogP contribution in [0.4, 0.5) is 11.4 Å². The van der Waals surface area contributed by atoms with Crippen molar-refractivity contribution in [2.45, 2.75) is 26.8 Å². The number of nitro groups is 1. The van der Waals surface area contributed by atoms with Gasteiger partial charge in [0, 0.05) is 36.1 Å². The van der Waals surface area contributed by atoms with Crippen LogP contribution in [0.2, 0.25) is 0 Å². The number of aryl methyl sites for hydroxylation is 1. The summed E-state index contributed by atoms with van der Waals surface area (Å²) in [5.41, 5.74) is 2.96. The van der Waals surface area contributed by atoms with Crippen LogP contribution in [0.1, 0.15) is 24.5 Å². The zero-order chi connectivity index (χ0) is 14.5. The zero-order valence-corrected chi connectivity index (χ0v) is 11.7. The first-order valence-electron chi connectivity index (χ1n) is 6.60. The Morgan fingerprint density at radius 1 is 1.45 bits per heavy atom. The Kier molecular flexibility index (Phi) is 4.34. The van der Waals surface area contributed by atoms with Crippen molar-refractivity contribution < 1.29 is 4.92 Å². The van der Waals surface area contributed by atoms with E-state index in [0.717, 1.165) is 29.8 Å². The normalized spacial score (nSPS) is 10.5. The van der Waals surface area contributed by atoms with Crippen LogP contribution >= 0.6 is 0 Å². The second-order valence-corrected chi connectivity index (χ2v) is 4.74. The second-order valence-electron chi connectivity index (χ2n) is 4.74. The third kappa shape index (κ3) is 3.34. The van der Waals surface area contributed by atoms with Gasteiger partial charge in [-0.25, -0.2) is 0 Å². The molecule has 1 aromatic carbocycles. The topological polar surface area (TPSA) is 73.0 Å². The number of nitro benzene ring substituents is 1. The van der Waals surface area contributed by atoms with Crippen molar-refractivity contribution in [2.75, 3.05) is 11.9 Å². The highest BCUT2D eigenvalue weighted by atomic mass is 16.6. The molecule has 0 saturated carbocycles. The number of hydrogen-bond donors (Lipinski definition) is 1. The number of anilines is 1. The van der Waals surface area contributed by atoms with E-state index in [0.29, 0.717) is 6.54 Å². The number of non-ortho nitro benzene ring substituents is 1. The predicted molar refractivity (Wildman–Crippen MR) is 77.9 cm³/mol. The maximum atomic E-state index is 10.9. The summed E-state index contributed by atoms with van der Waals surface area (Å²) in [7, 11) is 0. The van der Waals surface area contributed by atoms with Gasteiger partial charge in [-0.1, -0.05) is 6.92 Å². The van der Waals surface area contributed by atoms with Gasteiger partial charge in [-0.3, -0.25) is 14.8 Å². The monoisotopic (exact) mass is 274 g/mol. The van der Waals surface area contributed by atoms with Crippen molar-refractivity contribution in [2.24, 2.45) is 0 Å². The van der Waals surface area contributed by atoms with Gasteiger partial charge >= 0.3 is 0 Å². The molecule has 6 nitrogen and oxygen atoms in total. The first-order valence-corrected chi connectivity index (χ1v) is 6.60. The lowest BCUT2D eigenvalue weighted by molar-refractivity contribution is -0.384. The number of nitrogens with one attached hydrogen (secondary N) is 1. The highest BCUT2D eigenvalue weighted by molar-refractivity contribution is 5.56. The lowest BCUT2D eigenvalue weighted by Gasteiger charge is -2.11. The molecule has 0 fully saturated rings. The molecule has 2 rings (SSSR count). The van der Waals surface area contributed by atoms with E-state index in [-0.39, 0.29) is 10.6 Å². The third-order valence-electron chi connectivity index (χ3n) is 2.96. The SMILES string of the molecule is CCCNc1ccc([N+](=O)[O-])cc1Cn1cc(C)cn1. The van der Waals surface area contributed by atoms with E-state index in [1.54, 1.807) is 23.0 Å². The van der Waals surface area contributed by atoms with Crippen molar-refractivity contribution in [3.8, 4) is 0 Å². The molecule has 20 heavy (non-hydrogen) atoms. The van der Waals surface area contributed by atoms with E-state index in [4.69, 9.17) is 0 Å². The quantitative estimate of drug-likeness (QED) is 0.649. The standard InChI is InChI=1S/C14H18N4O2/c1-3-6-15-14-5-4-13(18(19)20)7-12(14)10-17-9-11(2)8-16-17/h4-5,7-9,15H,3,6,10H2,1-2H3. The lowest BCUT2D eigenvalue weighted by Crippen LogP contribution is -2.07. The van der Waals surface area contributed by atoms with Crippen LogP contribution in [0, 0.1) is 17.0 Å². The van der Waals surface area contributed by atoms with Crippen molar-refractivity contribution >= 4 is 11.4 Å². The van der Waals surface area contributed by atoms with E-state index in [1.807, 2.05) is 13.1 Å². The molecule has 1 N–H and O–H groups in total. The van der Waals surface area contributed by atoms with E-state index in [1.165, 1.54) is 6.07 Å². The molecule has 0 saturated heterocycles. The number of hydrogen-bond acceptors (Lipinski definition) is 4. The largest absolute Gasteiger partial charge is 0.385 e. The van der Waals surface area contributed by atoms with Gasteiger partial charge in [-0.15, -0.1) is 0 Å². The smallest absolute Gasteiger partial charge is 0.269 e. The van der Waals surface area contributed by atoms with Gasteiger partial charge in [0.25, 0.3) is 5.69 Å². The minimum atomic E-state index is -0.374. The minimum Gasteiger partial charge on any atom is -0.385 e. The molecule has 106 valence electrons. The van der Waals surface area contributed by atoms with Gasteiger partial charge in [-0.2, -0.15) is 5.10 Å². The van der Waals surface area contributed by atoms with E-state index in [9.17, 15) is 10.1 Å². The van der Waals surface area contributed by atoms with Gasteiger partial charge in [-0.05, 0) is 25.0 Å². The van der Waals surface area contributed by atoms with Crippen LogP contribution in [0.5, 0.6) is 0 Å². The highest BCUT2D eigenvalue weighted by Gasteiger charge is 2.11. The summed E-state index contributed by atoms with van der Waals surface area (Å²) in [5.74, 6) is 0. The molecule has 1 aromatic heterocycles. The number of benzene rings is 1. The summed E-state index contributed by atoms with van der Waals surface area (Å²) in [6, 6.07) is 4.89. The zero-order valence-electron chi connectivity index (χ0n) is 11.7. The molecule has 6 heteroatoms. The molecule has 2 aromatic rings. The number of rotatable bonds is 6. The molecular formula is C14H18N4O2. The van der Waals surface area contributed by atoms with Crippen LogP contribution in [0.3, 0.4) is 0 Å². The van der Waals surface area contributed by atoms with Gasteiger partial charge in [0.1, 0.15) is 0 Å². The molecule has 0 atom stereocenters. The Hall–Kier alpha value is -2.37. The average molecular weight is 274 g/mol. The van der Waals surface area contributed by atoms with Gasteiger partial charge in [0.05, 0.1) is 17.7 Å². The second kappa shape index (κ2) is 6.18. The lowest BCUT2D eigenvalue weighted by atomic mass is 10.1. The first-order chi connectivity index (χ1) is 9.60. The molecule has 1 heterocycles. The van der Waals surface area contributed by atoms with Crippen LogP contribution < -0.4 is 5.32 Å². The minimum absolute atomic E-state index is 0.103. The van der Waals surface area contributed by atoms with Gasteiger partial charge in [0.2, 0.25) is 0 Å². The fourth-order valence-electron chi connectivity index (χ4n) is 1.98. The van der Waals surface area contributed by atoms with Gasteiger partial charge in [0.15, 0.2) is 0 Å². The summed E-state index contributed by atoms with van der Waals surface area (Å²) in [4.78, 5) is 10.5. The third-order valence-corrected chi connectivity index (χ3v) is 2.96. The molecule has 0 aliphatic carbocycles. The maximum Gasteiger partial charge on any atom is 0.269 e. The fourth-order valence-corrected chi connectivity index (χ4v) is 1.98. The van der Waals surface area contributed by atoms with Crippen molar-refractivity contribution in [1.29, 1.82) is 0 Å². The number of nitrogens with zero attached hydrogens (tertiary/aromatic N) is 3.